The summed E-state index contributed by atoms with van der Waals surface area (Å²) in [6.45, 7) is 0.477. The summed E-state index contributed by atoms with van der Waals surface area (Å²) in [4.78, 5) is 14.3. The molecular formula is C14H22N4O2S. The molecule has 116 valence electrons. The molecule has 21 heavy (non-hydrogen) atoms. The minimum absolute atomic E-state index is 0.0329. The summed E-state index contributed by atoms with van der Waals surface area (Å²) in [6, 6.07) is 0.840. The highest BCUT2D eigenvalue weighted by molar-refractivity contribution is 7.99. The van der Waals surface area contributed by atoms with Gasteiger partial charge < -0.3 is 14.6 Å². The number of rotatable bonds is 7. The number of amides is 1. The van der Waals surface area contributed by atoms with Crippen molar-refractivity contribution in [2.75, 3.05) is 18.9 Å². The van der Waals surface area contributed by atoms with Gasteiger partial charge in [-0.2, -0.15) is 0 Å². The zero-order valence-electron chi connectivity index (χ0n) is 12.1. The van der Waals surface area contributed by atoms with Crippen LogP contribution in [0.2, 0.25) is 0 Å². The summed E-state index contributed by atoms with van der Waals surface area (Å²) in [5.74, 6) is 0.480. The van der Waals surface area contributed by atoms with Crippen LogP contribution in [0.5, 0.6) is 0 Å². The van der Waals surface area contributed by atoms with Crippen molar-refractivity contribution >= 4 is 17.7 Å². The van der Waals surface area contributed by atoms with E-state index in [9.17, 15) is 9.90 Å². The molecule has 0 spiro atoms. The van der Waals surface area contributed by atoms with E-state index >= 15 is 0 Å². The third-order valence-corrected chi connectivity index (χ3v) is 5.17. The number of carbonyl (C=O) groups excluding carboxylic acids is 1. The number of thioether (sulfide) groups is 1. The van der Waals surface area contributed by atoms with Crippen molar-refractivity contribution in [1.29, 1.82) is 0 Å². The normalized spacial score (nSPS) is 19.1. The quantitative estimate of drug-likeness (QED) is 0.772. The van der Waals surface area contributed by atoms with Crippen LogP contribution in [0.4, 0.5) is 0 Å². The molecule has 2 aliphatic carbocycles. The molecule has 6 nitrogen and oxygen atoms in total. The summed E-state index contributed by atoms with van der Waals surface area (Å²) in [7, 11) is 0. The zero-order chi connectivity index (χ0) is 14.7. The second-order valence-corrected chi connectivity index (χ2v) is 6.73. The summed E-state index contributed by atoms with van der Waals surface area (Å²) in [5, 5.41) is 18.1. The van der Waals surface area contributed by atoms with Gasteiger partial charge >= 0.3 is 0 Å². The molecule has 3 rings (SSSR count). The van der Waals surface area contributed by atoms with Gasteiger partial charge in [-0.25, -0.2) is 0 Å². The number of nitrogens with zero attached hydrogens (tertiary/aromatic N) is 4. The van der Waals surface area contributed by atoms with Crippen molar-refractivity contribution in [3.8, 4) is 0 Å². The van der Waals surface area contributed by atoms with Crippen LogP contribution in [-0.4, -0.2) is 55.6 Å². The van der Waals surface area contributed by atoms with Crippen LogP contribution in [0.1, 0.15) is 44.6 Å². The minimum Gasteiger partial charge on any atom is -0.395 e. The largest absolute Gasteiger partial charge is 0.395 e. The first-order chi connectivity index (χ1) is 10.3. The zero-order valence-corrected chi connectivity index (χ0v) is 13.0. The van der Waals surface area contributed by atoms with Crippen LogP contribution in [-0.2, 0) is 4.79 Å². The highest BCUT2D eigenvalue weighted by atomic mass is 32.2. The molecule has 2 fully saturated rings. The maximum atomic E-state index is 12.4. The van der Waals surface area contributed by atoms with E-state index in [2.05, 4.69) is 14.8 Å². The van der Waals surface area contributed by atoms with Crippen molar-refractivity contribution in [1.82, 2.24) is 19.7 Å². The van der Waals surface area contributed by atoms with Crippen LogP contribution in [0, 0.1) is 0 Å². The molecule has 0 bridgehead atoms. The van der Waals surface area contributed by atoms with Crippen LogP contribution in [0.25, 0.3) is 0 Å². The van der Waals surface area contributed by atoms with Crippen molar-refractivity contribution in [3.05, 3.63) is 6.33 Å². The molecule has 0 aromatic carbocycles. The number of aliphatic hydroxyl groups is 1. The van der Waals surface area contributed by atoms with Gasteiger partial charge in [-0.1, -0.05) is 24.6 Å². The predicted molar refractivity (Wildman–Crippen MR) is 80.1 cm³/mol. The average molecular weight is 310 g/mol. The molecule has 1 amide bonds. The predicted octanol–water partition coefficient (Wildman–Crippen LogP) is 1.47. The number of hydrogen-bond donors (Lipinski definition) is 1. The molecule has 0 unspecified atom stereocenters. The van der Waals surface area contributed by atoms with Gasteiger partial charge in [0.1, 0.15) is 6.33 Å². The van der Waals surface area contributed by atoms with Gasteiger partial charge in [-0.3, -0.25) is 4.79 Å². The van der Waals surface area contributed by atoms with Gasteiger partial charge in [0.05, 0.1) is 12.4 Å². The molecule has 1 N–H and O–H groups in total. The fraction of sp³-hybridized carbons (Fsp3) is 0.786. The van der Waals surface area contributed by atoms with Crippen LogP contribution in [0.15, 0.2) is 11.5 Å². The van der Waals surface area contributed by atoms with E-state index in [1.807, 2.05) is 4.90 Å². The lowest BCUT2D eigenvalue weighted by Crippen LogP contribution is -2.41. The van der Waals surface area contributed by atoms with E-state index in [1.54, 1.807) is 6.33 Å². The van der Waals surface area contributed by atoms with Gasteiger partial charge in [0.25, 0.3) is 0 Å². The third-order valence-electron chi connectivity index (χ3n) is 4.23. The van der Waals surface area contributed by atoms with Gasteiger partial charge in [0.2, 0.25) is 5.91 Å². The van der Waals surface area contributed by atoms with E-state index < -0.39 is 0 Å². The van der Waals surface area contributed by atoms with E-state index in [1.165, 1.54) is 37.4 Å². The topological polar surface area (TPSA) is 71.2 Å². The Morgan fingerprint density at radius 3 is 2.81 bits per heavy atom. The van der Waals surface area contributed by atoms with Crippen LogP contribution < -0.4 is 0 Å². The smallest absolute Gasteiger partial charge is 0.233 e. The van der Waals surface area contributed by atoms with Gasteiger partial charge in [0.15, 0.2) is 5.16 Å². The second kappa shape index (κ2) is 6.79. The molecule has 1 heterocycles. The highest BCUT2D eigenvalue weighted by Gasteiger charge is 2.28. The molecule has 0 saturated heterocycles. The van der Waals surface area contributed by atoms with Crippen molar-refractivity contribution in [3.63, 3.8) is 0 Å². The first kappa shape index (κ1) is 14.8. The Balaban J connectivity index is 1.57. The summed E-state index contributed by atoms with van der Waals surface area (Å²) >= 11 is 1.46. The molecule has 7 heteroatoms. The summed E-state index contributed by atoms with van der Waals surface area (Å²) in [5.41, 5.74) is 0. The molecule has 2 aliphatic rings. The summed E-state index contributed by atoms with van der Waals surface area (Å²) in [6.07, 6.45) is 8.61. The van der Waals surface area contributed by atoms with E-state index in [4.69, 9.17) is 0 Å². The van der Waals surface area contributed by atoms with Crippen LogP contribution in [0.3, 0.4) is 0 Å². The van der Waals surface area contributed by atoms with Crippen LogP contribution >= 0.6 is 11.8 Å². The van der Waals surface area contributed by atoms with Crippen molar-refractivity contribution < 1.29 is 9.90 Å². The third kappa shape index (κ3) is 3.58. The molecule has 0 aliphatic heterocycles. The molecule has 0 radical (unpaired) electrons. The molecule has 0 atom stereocenters. The van der Waals surface area contributed by atoms with Gasteiger partial charge in [0, 0.05) is 18.6 Å². The fourth-order valence-corrected chi connectivity index (χ4v) is 3.85. The Labute approximate surface area is 128 Å². The molecule has 1 aromatic heterocycles. The lowest BCUT2D eigenvalue weighted by Gasteiger charge is -2.28. The van der Waals surface area contributed by atoms with Crippen molar-refractivity contribution in [2.45, 2.75) is 55.8 Å². The number of aromatic nitrogens is 3. The number of aliphatic hydroxyl groups excluding tert-OH is 1. The molecule has 2 saturated carbocycles. The maximum Gasteiger partial charge on any atom is 0.233 e. The lowest BCUT2D eigenvalue weighted by atomic mass is 10.2. The Morgan fingerprint density at radius 1 is 1.38 bits per heavy atom. The Hall–Kier alpha value is -1.08. The van der Waals surface area contributed by atoms with Gasteiger partial charge in [-0.05, 0) is 25.7 Å². The highest BCUT2D eigenvalue weighted by Crippen LogP contribution is 2.37. The standard InChI is InChI=1S/C14H22N4O2S/c19-8-7-17(11-3-1-2-4-11)13(20)9-21-14-16-15-10-18(14)12-5-6-12/h10-12,19H,1-9H2. The van der Waals surface area contributed by atoms with Crippen molar-refractivity contribution in [2.24, 2.45) is 0 Å². The van der Waals surface area contributed by atoms with E-state index in [0.29, 0.717) is 24.4 Å². The Morgan fingerprint density at radius 2 is 2.14 bits per heavy atom. The maximum absolute atomic E-state index is 12.4. The first-order valence-electron chi connectivity index (χ1n) is 7.72. The fourth-order valence-electron chi connectivity index (χ4n) is 2.98. The van der Waals surface area contributed by atoms with Gasteiger partial charge in [-0.15, -0.1) is 10.2 Å². The Bertz CT molecular complexity index is 483. The Kier molecular flexibility index (Phi) is 4.80. The number of carbonyl (C=O) groups is 1. The number of hydrogen-bond acceptors (Lipinski definition) is 5. The molecule has 1 aromatic rings. The average Bonchev–Trinajstić information content (AvgIpc) is 3.02. The first-order valence-corrected chi connectivity index (χ1v) is 8.71. The monoisotopic (exact) mass is 310 g/mol. The SMILES string of the molecule is O=C(CSc1nncn1C1CC1)N(CCO)C1CCCC1. The second-order valence-electron chi connectivity index (χ2n) is 5.79. The minimum atomic E-state index is 0.0329. The van der Waals surface area contributed by atoms with E-state index in [-0.39, 0.29) is 12.5 Å². The lowest BCUT2D eigenvalue weighted by molar-refractivity contribution is -0.131. The van der Waals surface area contributed by atoms with E-state index in [0.717, 1.165) is 18.0 Å². The summed E-state index contributed by atoms with van der Waals surface area (Å²) < 4.78 is 2.07. The molecular weight excluding hydrogens is 288 g/mol.